The largest absolute Gasteiger partial charge is 0.521 e. The van der Waals surface area contributed by atoms with Gasteiger partial charge in [0.2, 0.25) is 0 Å². The Labute approximate surface area is 194 Å². The van der Waals surface area contributed by atoms with E-state index in [0.29, 0.717) is 25.7 Å². The van der Waals surface area contributed by atoms with Crippen LogP contribution in [0.2, 0.25) is 0 Å². The monoisotopic (exact) mass is 485 g/mol. The van der Waals surface area contributed by atoms with Gasteiger partial charge in [-0.25, -0.2) is 9.59 Å². The predicted molar refractivity (Wildman–Crippen MR) is 120 cm³/mol. The van der Waals surface area contributed by atoms with Crippen LogP contribution in [0.15, 0.2) is 30.3 Å². The lowest BCUT2D eigenvalue weighted by molar-refractivity contribution is -0.793. The van der Waals surface area contributed by atoms with Gasteiger partial charge < -0.3 is 20.1 Å². The first-order chi connectivity index (χ1) is 15.5. The number of nitrogens with one attached hydrogen (secondary N) is 1. The fourth-order valence-corrected chi connectivity index (χ4v) is 5.54. The summed E-state index contributed by atoms with van der Waals surface area (Å²) in [5.41, 5.74) is 0.753. The van der Waals surface area contributed by atoms with Gasteiger partial charge in [-0.15, -0.1) is 0 Å². The van der Waals surface area contributed by atoms with Gasteiger partial charge in [-0.1, -0.05) is 50.1 Å². The van der Waals surface area contributed by atoms with Gasteiger partial charge >= 0.3 is 25.7 Å². The van der Waals surface area contributed by atoms with Gasteiger partial charge in [0, 0.05) is 12.8 Å². The fourth-order valence-electron chi connectivity index (χ4n) is 4.07. The zero-order chi connectivity index (χ0) is 24.6. The molecule has 1 aliphatic heterocycles. The van der Waals surface area contributed by atoms with E-state index < -0.39 is 48.1 Å². The number of rotatable bonds is 10. The van der Waals surface area contributed by atoms with E-state index in [1.54, 1.807) is 31.2 Å². The molecule has 1 aliphatic rings. The molecule has 33 heavy (non-hydrogen) atoms. The molecule has 3 N–H and O–H groups in total. The molecule has 4 unspecified atom stereocenters. The van der Waals surface area contributed by atoms with Gasteiger partial charge in [0.15, 0.2) is 6.10 Å². The van der Waals surface area contributed by atoms with Gasteiger partial charge in [-0.2, -0.15) is 9.28 Å². The number of carboxylic acid groups (broad SMARTS) is 1. The SMILES string of the molecule is CCCCC(NC(=O)OCc1ccccc1)P(=O)(O)OC(C)C(=O)[N@+]1(C(=O)O)CCCC1C. The molecule has 0 radical (unpaired) electrons. The van der Waals surface area contributed by atoms with Gasteiger partial charge in [-0.3, -0.25) is 9.09 Å². The van der Waals surface area contributed by atoms with Crippen molar-refractivity contribution in [3.05, 3.63) is 35.9 Å². The number of quaternary nitrogens is 1. The third-order valence-corrected chi connectivity index (χ3v) is 7.79. The average Bonchev–Trinajstić information content (AvgIpc) is 3.17. The Morgan fingerprint density at radius 3 is 2.48 bits per heavy atom. The Balaban J connectivity index is 2.09. The number of unbranched alkanes of at least 4 members (excludes halogenated alkanes) is 1. The molecule has 3 amide bonds. The maximum Gasteiger partial charge on any atom is 0.521 e. The number of benzene rings is 1. The number of likely N-dealkylation sites (tertiary alicyclic amines) is 1. The third-order valence-electron chi connectivity index (χ3n) is 6.00. The molecule has 2 rings (SSSR count). The summed E-state index contributed by atoms with van der Waals surface area (Å²) in [5, 5.41) is 12.1. The number of alkyl carbamates (subject to hydrolysis) is 1. The molecule has 184 valence electrons. The maximum atomic E-state index is 13.1. The van der Waals surface area contributed by atoms with E-state index >= 15 is 0 Å². The van der Waals surface area contributed by atoms with Crippen molar-refractivity contribution >= 4 is 25.7 Å². The highest BCUT2D eigenvalue weighted by Crippen LogP contribution is 2.50. The maximum absolute atomic E-state index is 13.1. The number of imide groups is 1. The van der Waals surface area contributed by atoms with Crippen molar-refractivity contribution in [2.45, 2.75) is 77.4 Å². The predicted octanol–water partition coefficient (Wildman–Crippen LogP) is 4.22. The summed E-state index contributed by atoms with van der Waals surface area (Å²) in [7, 11) is -4.55. The van der Waals surface area contributed by atoms with E-state index in [1.807, 2.05) is 13.0 Å². The van der Waals surface area contributed by atoms with Crippen molar-refractivity contribution < 1.29 is 42.7 Å². The molecule has 0 aliphatic carbocycles. The standard InChI is InChI=1S/C22H33N2O8P/c1-4-5-13-19(23-21(26)31-15-18-11-7-6-8-12-18)33(29,30)32-17(3)20(25)24(22(27)28)14-9-10-16(24)2/h6-8,11-12,16-17,19H,4-5,9-10,13-15H2,1-3H3,(H2-,23,26,27,28,29,30)/p+1/t16?,17?,19?,24-/m0/s1. The van der Waals surface area contributed by atoms with Crippen molar-refractivity contribution in [2.75, 3.05) is 6.54 Å². The van der Waals surface area contributed by atoms with Crippen molar-refractivity contribution in [3.8, 4) is 0 Å². The molecule has 0 bridgehead atoms. The highest BCUT2D eigenvalue weighted by molar-refractivity contribution is 7.53. The first-order valence-electron chi connectivity index (χ1n) is 11.2. The molecule has 1 heterocycles. The number of ether oxygens (including phenoxy) is 1. The minimum absolute atomic E-state index is 0.0187. The van der Waals surface area contributed by atoms with Crippen LogP contribution in [0, 0.1) is 0 Å². The van der Waals surface area contributed by atoms with E-state index in [9.17, 15) is 28.9 Å². The fraction of sp³-hybridized carbons (Fsp3) is 0.591. The van der Waals surface area contributed by atoms with Crippen LogP contribution in [0.5, 0.6) is 0 Å². The van der Waals surface area contributed by atoms with E-state index in [1.165, 1.54) is 6.92 Å². The van der Waals surface area contributed by atoms with Crippen molar-refractivity contribution in [1.82, 2.24) is 5.32 Å². The number of nitrogens with zero attached hydrogens (tertiary/aromatic N) is 1. The topological polar surface area (TPSA) is 139 Å². The van der Waals surface area contributed by atoms with Crippen LogP contribution < -0.4 is 5.32 Å². The zero-order valence-corrected chi connectivity index (χ0v) is 20.2. The summed E-state index contributed by atoms with van der Waals surface area (Å²) in [6.45, 7) is 4.90. The number of carbonyl (C=O) groups excluding carboxylic acids is 2. The van der Waals surface area contributed by atoms with Gasteiger partial charge in [-0.05, 0) is 25.8 Å². The normalized spacial score (nSPS) is 23.8. The quantitative estimate of drug-likeness (QED) is 0.331. The van der Waals surface area contributed by atoms with Crippen molar-refractivity contribution in [1.29, 1.82) is 0 Å². The molecule has 10 nitrogen and oxygen atoms in total. The molecule has 0 saturated carbocycles. The minimum atomic E-state index is -4.55. The van der Waals surface area contributed by atoms with Crippen LogP contribution >= 0.6 is 7.60 Å². The average molecular weight is 485 g/mol. The van der Waals surface area contributed by atoms with E-state index in [0.717, 1.165) is 5.56 Å². The zero-order valence-electron chi connectivity index (χ0n) is 19.3. The summed E-state index contributed by atoms with van der Waals surface area (Å²) in [4.78, 5) is 47.9. The molecular weight excluding hydrogens is 451 g/mol. The molecule has 1 aromatic carbocycles. The number of hydrogen-bond acceptors (Lipinski definition) is 6. The Morgan fingerprint density at radius 1 is 1.27 bits per heavy atom. The lowest BCUT2D eigenvalue weighted by atomic mass is 10.2. The smallest absolute Gasteiger partial charge is 0.445 e. The van der Waals surface area contributed by atoms with E-state index in [-0.39, 0.29) is 19.6 Å². The summed E-state index contributed by atoms with van der Waals surface area (Å²) in [6.07, 6.45) is -1.21. The summed E-state index contributed by atoms with van der Waals surface area (Å²) >= 11 is 0. The third kappa shape index (κ3) is 6.63. The highest BCUT2D eigenvalue weighted by atomic mass is 31.2. The van der Waals surface area contributed by atoms with Crippen LogP contribution in [0.1, 0.15) is 58.4 Å². The van der Waals surface area contributed by atoms with Crippen molar-refractivity contribution in [2.24, 2.45) is 0 Å². The molecule has 11 heteroatoms. The molecule has 5 atom stereocenters. The highest BCUT2D eigenvalue weighted by Gasteiger charge is 2.55. The van der Waals surface area contributed by atoms with E-state index in [2.05, 4.69) is 5.32 Å². The van der Waals surface area contributed by atoms with Crippen LogP contribution in [-0.4, -0.2) is 57.1 Å². The first kappa shape index (κ1) is 27.0. The first-order valence-corrected chi connectivity index (χ1v) is 12.8. The van der Waals surface area contributed by atoms with Crippen molar-refractivity contribution in [3.63, 3.8) is 0 Å². The second-order valence-corrected chi connectivity index (χ2v) is 10.3. The summed E-state index contributed by atoms with van der Waals surface area (Å²) < 4.78 is 22.6. The molecule has 1 saturated heterocycles. The number of amides is 3. The molecule has 0 aromatic heterocycles. The van der Waals surface area contributed by atoms with Crippen LogP contribution in [-0.2, 0) is 25.2 Å². The Morgan fingerprint density at radius 2 is 1.94 bits per heavy atom. The van der Waals surface area contributed by atoms with E-state index in [4.69, 9.17) is 9.26 Å². The Bertz CT molecular complexity index is 880. The van der Waals surface area contributed by atoms with Crippen LogP contribution in [0.4, 0.5) is 9.59 Å². The molecule has 1 fully saturated rings. The molecular formula is C22H34N2O8P+. The number of hydrogen-bond donors (Lipinski definition) is 3. The Hall–Kier alpha value is -2.26. The molecule has 1 aromatic rings. The second kappa shape index (κ2) is 11.7. The summed E-state index contributed by atoms with van der Waals surface area (Å²) in [6, 6.07) is 8.49. The van der Waals surface area contributed by atoms with Gasteiger partial charge in [0.1, 0.15) is 18.4 Å². The van der Waals surface area contributed by atoms with Gasteiger partial charge in [0.25, 0.3) is 0 Å². The van der Waals surface area contributed by atoms with Crippen LogP contribution in [0.25, 0.3) is 0 Å². The van der Waals surface area contributed by atoms with Crippen LogP contribution in [0.3, 0.4) is 0 Å². The minimum Gasteiger partial charge on any atom is -0.445 e. The molecule has 0 spiro atoms. The lowest BCUT2D eigenvalue weighted by Crippen LogP contribution is -2.61. The van der Waals surface area contributed by atoms with Gasteiger partial charge in [0.05, 0.1) is 6.54 Å². The Kier molecular flexibility index (Phi) is 9.60. The summed E-state index contributed by atoms with van der Waals surface area (Å²) in [5.74, 6) is -2.09. The second-order valence-electron chi connectivity index (χ2n) is 8.38. The number of carbonyl (C=O) groups is 3. The lowest BCUT2D eigenvalue weighted by Gasteiger charge is -2.33.